The summed E-state index contributed by atoms with van der Waals surface area (Å²) >= 11 is 3.27. The van der Waals surface area contributed by atoms with Crippen molar-refractivity contribution in [2.45, 2.75) is 85.1 Å². The predicted molar refractivity (Wildman–Crippen MR) is 144 cm³/mol. The Hall–Kier alpha value is -2.60. The number of hydrogen-bond donors (Lipinski definition) is 1. The van der Waals surface area contributed by atoms with Gasteiger partial charge in [-0.25, -0.2) is 0 Å². The molecule has 0 saturated carbocycles. The third-order valence-electron chi connectivity index (χ3n) is 6.18. The molecule has 0 radical (unpaired) electrons. The van der Waals surface area contributed by atoms with Crippen LogP contribution in [0, 0.1) is 0 Å². The van der Waals surface area contributed by atoms with E-state index < -0.39 is 0 Å². The zero-order valence-corrected chi connectivity index (χ0v) is 23.5. The molecule has 0 atom stereocenters. The number of ketones is 1. The van der Waals surface area contributed by atoms with Crippen LogP contribution in [0.5, 0.6) is 5.75 Å². The number of phenols is 1. The second kappa shape index (κ2) is 10.6. The van der Waals surface area contributed by atoms with E-state index in [1.54, 1.807) is 4.74 Å². The van der Waals surface area contributed by atoms with E-state index in [4.69, 9.17) is 4.52 Å². The summed E-state index contributed by atoms with van der Waals surface area (Å²) in [5.74, 6) is 1.02. The first-order chi connectivity index (χ1) is 16.4. The number of rotatable bonds is 7. The number of aryl methyl sites for hydroxylation is 1. The molecule has 0 fully saturated rings. The van der Waals surface area contributed by atoms with Crippen molar-refractivity contribution in [1.82, 2.24) is 4.74 Å². The number of benzene rings is 2. The van der Waals surface area contributed by atoms with Crippen LogP contribution < -0.4 is 5.49 Å². The van der Waals surface area contributed by atoms with Crippen LogP contribution in [0.3, 0.4) is 0 Å². The summed E-state index contributed by atoms with van der Waals surface area (Å²) in [5, 5.41) is 11.0. The Bertz CT molecular complexity index is 1220. The Morgan fingerprint density at radius 1 is 1.03 bits per heavy atom. The molecule has 1 aromatic heterocycles. The van der Waals surface area contributed by atoms with Crippen LogP contribution in [0.15, 0.2) is 51.0 Å². The first-order valence-corrected chi connectivity index (χ1v) is 12.9. The Balaban J connectivity index is 2.06. The summed E-state index contributed by atoms with van der Waals surface area (Å²) in [5.41, 5.74) is 4.22. The molecule has 0 aliphatic rings. The van der Waals surface area contributed by atoms with Gasteiger partial charge in [-0.1, -0.05) is 78.8 Å². The molecule has 0 unspecified atom stereocenters. The van der Waals surface area contributed by atoms with Crippen molar-refractivity contribution in [1.29, 1.82) is 0 Å². The quantitative estimate of drug-likeness (QED) is 0.327. The van der Waals surface area contributed by atoms with E-state index in [2.05, 4.69) is 39.2 Å². The van der Waals surface area contributed by atoms with Crippen molar-refractivity contribution in [2.75, 3.05) is 0 Å². The molecule has 5 nitrogen and oxygen atoms in total. The number of hydrogen-bond acceptors (Lipinski definition) is 4. The van der Waals surface area contributed by atoms with Gasteiger partial charge >= 0.3 is 0 Å². The monoisotopic (exact) mass is 540 g/mol. The van der Waals surface area contributed by atoms with Gasteiger partial charge in [-0.05, 0) is 34.9 Å². The lowest BCUT2D eigenvalue weighted by Crippen LogP contribution is -2.24. The van der Waals surface area contributed by atoms with Crippen LogP contribution in [0.25, 0.3) is 0 Å². The Kier molecular flexibility index (Phi) is 8.15. The molecule has 35 heavy (non-hydrogen) atoms. The van der Waals surface area contributed by atoms with Crippen molar-refractivity contribution < 1.29 is 14.4 Å². The lowest BCUT2D eigenvalue weighted by molar-refractivity contribution is 0.0923. The molecule has 3 rings (SSSR count). The number of Topliss-reactive ketones (excluding diaryl/α,β-unsaturated/α-hetero) is 1. The lowest BCUT2D eigenvalue weighted by Gasteiger charge is -2.28. The third-order valence-corrected chi connectivity index (χ3v) is 6.52. The van der Waals surface area contributed by atoms with Crippen molar-refractivity contribution in [2.24, 2.45) is 4.02 Å². The minimum absolute atomic E-state index is 0.0217. The van der Waals surface area contributed by atoms with Crippen molar-refractivity contribution >= 4 is 21.9 Å². The number of aromatic nitrogens is 1. The van der Waals surface area contributed by atoms with Gasteiger partial charge in [0.15, 0.2) is 11.3 Å². The van der Waals surface area contributed by atoms with Gasteiger partial charge in [0.2, 0.25) is 0 Å². The molecular weight excluding hydrogens is 504 g/mol. The lowest BCUT2D eigenvalue weighted by atomic mass is 9.78. The van der Waals surface area contributed by atoms with E-state index in [0.29, 0.717) is 17.5 Å². The molecule has 0 saturated heterocycles. The maximum atomic E-state index is 13.6. The van der Waals surface area contributed by atoms with E-state index in [0.717, 1.165) is 40.9 Å². The smallest absolute Gasteiger partial charge is 0.185 e. The minimum atomic E-state index is -0.314. The van der Waals surface area contributed by atoms with E-state index in [1.807, 2.05) is 71.9 Å². The number of carbonyl (C=O) groups is 1. The van der Waals surface area contributed by atoms with Gasteiger partial charge in [0.1, 0.15) is 18.1 Å². The maximum absolute atomic E-state index is 13.6. The van der Waals surface area contributed by atoms with Gasteiger partial charge in [-0.15, -0.1) is 0 Å². The summed E-state index contributed by atoms with van der Waals surface area (Å²) in [6, 6.07) is 13.8. The highest BCUT2D eigenvalue weighted by molar-refractivity contribution is 9.08. The summed E-state index contributed by atoms with van der Waals surface area (Å²) < 4.78 is 12.1. The fourth-order valence-electron chi connectivity index (χ4n) is 4.27. The number of nitrogens with zero attached hydrogens (tertiary/aromatic N) is 2. The molecule has 0 aliphatic carbocycles. The third kappa shape index (κ3) is 6.16. The molecule has 188 valence electrons. The molecule has 3 aromatic rings. The van der Waals surface area contributed by atoms with Crippen LogP contribution in [0.2, 0.25) is 0 Å². The number of aromatic hydroxyl groups is 1. The van der Waals surface area contributed by atoms with E-state index in [-0.39, 0.29) is 28.9 Å². The van der Waals surface area contributed by atoms with E-state index in [9.17, 15) is 9.90 Å². The molecule has 1 heterocycles. The highest BCUT2D eigenvalue weighted by Crippen LogP contribution is 2.40. The normalized spacial score (nSPS) is 12.9. The second-order valence-corrected chi connectivity index (χ2v) is 11.5. The van der Waals surface area contributed by atoms with Gasteiger partial charge in [0, 0.05) is 35.1 Å². The standard InChI is InChI=1S/C29H37BrN2O3/c1-8-12-25-21(15-19-13-10-9-11-14-19)27(31-30)32(35-25)18-24(33)20-16-22(28(2,3)4)26(34)23(17-20)29(5,6)7/h9-11,13-14,16-17,34H,8,12,15,18H2,1-7H3. The summed E-state index contributed by atoms with van der Waals surface area (Å²) in [6.45, 7) is 14.4. The van der Waals surface area contributed by atoms with E-state index >= 15 is 0 Å². The summed E-state index contributed by atoms with van der Waals surface area (Å²) in [4.78, 5) is 13.6. The molecule has 0 spiro atoms. The Labute approximate surface area is 217 Å². The van der Waals surface area contributed by atoms with E-state index in [1.165, 1.54) is 0 Å². The van der Waals surface area contributed by atoms with Crippen LogP contribution in [-0.2, 0) is 30.2 Å². The maximum Gasteiger partial charge on any atom is 0.185 e. The molecule has 2 aromatic carbocycles. The van der Waals surface area contributed by atoms with Gasteiger partial charge < -0.3 is 9.63 Å². The highest BCUT2D eigenvalue weighted by atomic mass is 79.9. The van der Waals surface area contributed by atoms with Gasteiger partial charge in [0.05, 0.1) is 16.1 Å². The zero-order chi connectivity index (χ0) is 26.0. The fourth-order valence-corrected chi connectivity index (χ4v) is 4.66. The van der Waals surface area contributed by atoms with Crippen molar-refractivity contribution in [3.8, 4) is 5.75 Å². The fraction of sp³-hybridized carbons (Fsp3) is 0.448. The average molecular weight is 542 g/mol. The number of halogens is 1. The van der Waals surface area contributed by atoms with Gasteiger partial charge in [-0.3, -0.25) is 4.79 Å². The largest absolute Gasteiger partial charge is 0.507 e. The van der Waals surface area contributed by atoms with Gasteiger partial charge in [-0.2, -0.15) is 8.76 Å². The minimum Gasteiger partial charge on any atom is -0.507 e. The molecule has 0 bridgehead atoms. The summed E-state index contributed by atoms with van der Waals surface area (Å²) in [6.07, 6.45) is 2.36. The predicted octanol–water partition coefficient (Wildman–Crippen LogP) is 7.02. The molecule has 1 N–H and O–H groups in total. The first-order valence-electron chi connectivity index (χ1n) is 12.2. The molecule has 0 amide bonds. The first kappa shape index (κ1) is 27.0. The second-order valence-electron chi connectivity index (χ2n) is 11.2. The zero-order valence-electron chi connectivity index (χ0n) is 21.9. The SMILES string of the molecule is CCCc1on(CC(=O)c2cc(C(C)(C)C)c(O)c(C(C)(C)C)c2)c(=NBr)c1Cc1ccccc1. The number of carbonyl (C=O) groups excluding carboxylic acids is 1. The average Bonchev–Trinajstić information content (AvgIpc) is 3.08. The van der Waals surface area contributed by atoms with Gasteiger partial charge in [0.25, 0.3) is 0 Å². The highest BCUT2D eigenvalue weighted by Gasteiger charge is 2.28. The van der Waals surface area contributed by atoms with Crippen molar-refractivity contribution in [3.63, 3.8) is 0 Å². The topological polar surface area (TPSA) is 67.7 Å². The van der Waals surface area contributed by atoms with Crippen LogP contribution in [0.1, 0.15) is 93.3 Å². The molecule has 6 heteroatoms. The van der Waals surface area contributed by atoms with Crippen LogP contribution in [-0.4, -0.2) is 15.6 Å². The van der Waals surface area contributed by atoms with Crippen LogP contribution in [0.4, 0.5) is 0 Å². The van der Waals surface area contributed by atoms with Crippen LogP contribution >= 0.6 is 16.1 Å². The van der Waals surface area contributed by atoms with Crippen molar-refractivity contribution in [3.05, 3.63) is 81.5 Å². The molecular formula is C29H37BrN2O3. The molecule has 0 aliphatic heterocycles. The number of phenolic OH excluding ortho intramolecular Hbond substituents is 1. The summed E-state index contributed by atoms with van der Waals surface area (Å²) in [7, 11) is 0. The Morgan fingerprint density at radius 3 is 2.09 bits per heavy atom. The Morgan fingerprint density at radius 2 is 1.60 bits per heavy atom.